The van der Waals surface area contributed by atoms with Gasteiger partial charge in [0.2, 0.25) is 6.79 Å². The van der Waals surface area contributed by atoms with Crippen molar-refractivity contribution in [3.8, 4) is 23.0 Å². The van der Waals surface area contributed by atoms with E-state index in [0.29, 0.717) is 12.0 Å². The third-order valence-corrected chi connectivity index (χ3v) is 7.09. The summed E-state index contributed by atoms with van der Waals surface area (Å²) in [7, 11) is 3.45. The first kappa shape index (κ1) is 19.9. The van der Waals surface area contributed by atoms with Crippen molar-refractivity contribution < 1.29 is 18.9 Å². The number of para-hydroxylation sites is 1. The maximum absolute atomic E-state index is 5.66. The van der Waals surface area contributed by atoms with Crippen LogP contribution in [0, 0.1) is 0 Å². The van der Waals surface area contributed by atoms with Gasteiger partial charge in [0.15, 0.2) is 11.5 Å². The molecule has 2 heterocycles. The first-order chi connectivity index (χ1) is 15.2. The summed E-state index contributed by atoms with van der Waals surface area (Å²) >= 11 is 1.88. The summed E-state index contributed by atoms with van der Waals surface area (Å²) < 4.78 is 22.2. The third kappa shape index (κ3) is 4.00. The van der Waals surface area contributed by atoms with Crippen molar-refractivity contribution in [1.82, 2.24) is 0 Å². The zero-order valence-electron chi connectivity index (χ0n) is 17.7. The van der Waals surface area contributed by atoms with E-state index in [1.807, 2.05) is 36.0 Å². The number of nitrogens with zero attached hydrogens (tertiary/aromatic N) is 1. The van der Waals surface area contributed by atoms with Gasteiger partial charge in [0.05, 0.1) is 19.9 Å². The Bertz CT molecular complexity index is 1090. The minimum absolute atomic E-state index is 0.294. The number of methoxy groups -OCH3 is 2. The lowest BCUT2D eigenvalue weighted by Gasteiger charge is -2.25. The molecule has 0 fully saturated rings. The lowest BCUT2D eigenvalue weighted by Crippen LogP contribution is -2.24. The normalized spacial score (nSPS) is 17.1. The molecule has 0 saturated carbocycles. The number of hydrogen-bond donors (Lipinski definition) is 0. The van der Waals surface area contributed by atoms with Gasteiger partial charge in [-0.2, -0.15) is 0 Å². The second-order valence-corrected chi connectivity index (χ2v) is 8.82. The van der Waals surface area contributed by atoms with Crippen molar-refractivity contribution in [1.29, 1.82) is 0 Å². The van der Waals surface area contributed by atoms with Crippen LogP contribution >= 0.6 is 11.8 Å². The molecular weight excluding hydrogens is 410 g/mol. The fourth-order valence-electron chi connectivity index (χ4n) is 4.16. The van der Waals surface area contributed by atoms with E-state index in [2.05, 4.69) is 41.3 Å². The Balaban J connectivity index is 1.48. The molecule has 0 aliphatic carbocycles. The smallest absolute Gasteiger partial charge is 0.231 e. The summed E-state index contributed by atoms with van der Waals surface area (Å²) in [5.74, 6) is 3.45. The van der Waals surface area contributed by atoms with E-state index >= 15 is 0 Å². The SMILES string of the molecule is COc1ccc2c(c1)S[C@H](c1ccccc1OC)CCN2Cc1ccc2c(c1)OCO2. The van der Waals surface area contributed by atoms with Crippen LogP contribution in [0.5, 0.6) is 23.0 Å². The average Bonchev–Trinajstić information content (AvgIpc) is 3.21. The third-order valence-electron chi connectivity index (χ3n) is 5.73. The molecule has 0 bridgehead atoms. The van der Waals surface area contributed by atoms with E-state index in [1.165, 1.54) is 21.7 Å². The van der Waals surface area contributed by atoms with Gasteiger partial charge in [-0.1, -0.05) is 24.3 Å². The Kier molecular flexibility index (Phi) is 5.55. The largest absolute Gasteiger partial charge is 0.497 e. The van der Waals surface area contributed by atoms with Gasteiger partial charge in [0, 0.05) is 28.8 Å². The van der Waals surface area contributed by atoms with E-state index in [1.54, 1.807) is 14.2 Å². The van der Waals surface area contributed by atoms with E-state index < -0.39 is 0 Å². The van der Waals surface area contributed by atoms with Crippen LogP contribution in [0.25, 0.3) is 0 Å². The fraction of sp³-hybridized carbons (Fsp3) is 0.280. The molecule has 3 aromatic rings. The monoisotopic (exact) mass is 435 g/mol. The molecule has 3 aromatic carbocycles. The van der Waals surface area contributed by atoms with Gasteiger partial charge in [-0.05, 0) is 48.4 Å². The lowest BCUT2D eigenvalue weighted by molar-refractivity contribution is 0.174. The maximum Gasteiger partial charge on any atom is 0.231 e. The van der Waals surface area contributed by atoms with Gasteiger partial charge in [0.1, 0.15) is 11.5 Å². The maximum atomic E-state index is 5.66. The Morgan fingerprint density at radius 3 is 2.71 bits per heavy atom. The predicted molar refractivity (Wildman–Crippen MR) is 123 cm³/mol. The van der Waals surface area contributed by atoms with Gasteiger partial charge in [-0.15, -0.1) is 11.8 Å². The molecule has 0 unspecified atom stereocenters. The van der Waals surface area contributed by atoms with Gasteiger partial charge < -0.3 is 23.8 Å². The molecule has 0 radical (unpaired) electrons. The van der Waals surface area contributed by atoms with Gasteiger partial charge in [-0.25, -0.2) is 0 Å². The Hall–Kier alpha value is -2.99. The summed E-state index contributed by atoms with van der Waals surface area (Å²) in [5, 5.41) is 0.295. The summed E-state index contributed by atoms with van der Waals surface area (Å²) in [4.78, 5) is 3.66. The molecule has 5 rings (SSSR count). The zero-order chi connectivity index (χ0) is 21.2. The molecule has 0 saturated heterocycles. The van der Waals surface area contributed by atoms with Crippen LogP contribution in [-0.4, -0.2) is 27.6 Å². The number of anilines is 1. The molecular formula is C25H25NO4S. The highest BCUT2D eigenvalue weighted by molar-refractivity contribution is 7.99. The minimum atomic E-state index is 0.294. The van der Waals surface area contributed by atoms with Gasteiger partial charge in [0.25, 0.3) is 0 Å². The van der Waals surface area contributed by atoms with Crippen molar-refractivity contribution in [3.63, 3.8) is 0 Å². The highest BCUT2D eigenvalue weighted by atomic mass is 32.2. The van der Waals surface area contributed by atoms with Crippen molar-refractivity contribution in [2.75, 3.05) is 32.5 Å². The standard InChI is InChI=1S/C25H25NO4S/c1-27-18-8-9-20-25(14-18)31-24(19-5-3-4-6-21(19)28-2)11-12-26(20)15-17-7-10-22-23(13-17)30-16-29-22/h3-10,13-14,24H,11-12,15-16H2,1-2H3/t24-/m0/s1. The van der Waals surface area contributed by atoms with Crippen LogP contribution in [0.4, 0.5) is 5.69 Å². The first-order valence-electron chi connectivity index (χ1n) is 10.4. The predicted octanol–water partition coefficient (Wildman–Crippen LogP) is 5.68. The van der Waals surface area contributed by atoms with Gasteiger partial charge >= 0.3 is 0 Å². The minimum Gasteiger partial charge on any atom is -0.497 e. The Labute approximate surface area is 186 Å². The lowest BCUT2D eigenvalue weighted by atomic mass is 10.1. The second kappa shape index (κ2) is 8.63. The van der Waals surface area contributed by atoms with Crippen molar-refractivity contribution in [2.24, 2.45) is 0 Å². The van der Waals surface area contributed by atoms with Crippen LogP contribution in [0.3, 0.4) is 0 Å². The van der Waals surface area contributed by atoms with Crippen LogP contribution in [0.2, 0.25) is 0 Å². The van der Waals surface area contributed by atoms with Crippen molar-refractivity contribution >= 4 is 17.4 Å². The van der Waals surface area contributed by atoms with Crippen molar-refractivity contribution in [2.45, 2.75) is 23.1 Å². The summed E-state index contributed by atoms with van der Waals surface area (Å²) in [6, 6.07) is 20.9. The number of ether oxygens (including phenoxy) is 4. The van der Waals surface area contributed by atoms with E-state index in [9.17, 15) is 0 Å². The summed E-state index contributed by atoms with van der Waals surface area (Å²) in [5.41, 5.74) is 3.65. The number of hydrogen-bond acceptors (Lipinski definition) is 6. The highest BCUT2D eigenvalue weighted by Crippen LogP contribution is 2.48. The van der Waals surface area contributed by atoms with Crippen molar-refractivity contribution in [3.05, 3.63) is 71.8 Å². The second-order valence-electron chi connectivity index (χ2n) is 7.58. The number of fused-ring (bicyclic) bond motifs is 2. The Morgan fingerprint density at radius 1 is 0.968 bits per heavy atom. The van der Waals surface area contributed by atoms with E-state index in [-0.39, 0.29) is 0 Å². The molecule has 0 spiro atoms. The molecule has 6 heteroatoms. The topological polar surface area (TPSA) is 40.2 Å². The molecule has 160 valence electrons. The molecule has 2 aliphatic rings. The number of thioether (sulfide) groups is 1. The first-order valence-corrected chi connectivity index (χ1v) is 11.2. The average molecular weight is 436 g/mol. The van der Waals surface area contributed by atoms with Crippen LogP contribution in [0.15, 0.2) is 65.6 Å². The van der Waals surface area contributed by atoms with Crippen LogP contribution < -0.4 is 23.8 Å². The molecule has 0 amide bonds. The fourth-order valence-corrected chi connectivity index (χ4v) is 5.51. The number of rotatable bonds is 5. The van der Waals surface area contributed by atoms with Crippen LogP contribution in [-0.2, 0) is 6.54 Å². The summed E-state index contributed by atoms with van der Waals surface area (Å²) in [6.07, 6.45) is 1.01. The number of benzene rings is 3. The zero-order valence-corrected chi connectivity index (χ0v) is 18.5. The van der Waals surface area contributed by atoms with Gasteiger partial charge in [-0.3, -0.25) is 0 Å². The molecule has 2 aliphatic heterocycles. The van der Waals surface area contributed by atoms with E-state index in [0.717, 1.165) is 42.5 Å². The van der Waals surface area contributed by atoms with Crippen LogP contribution in [0.1, 0.15) is 22.8 Å². The summed E-state index contributed by atoms with van der Waals surface area (Å²) in [6.45, 7) is 2.03. The molecule has 0 N–H and O–H groups in total. The molecule has 31 heavy (non-hydrogen) atoms. The quantitative estimate of drug-likeness (QED) is 0.514. The molecule has 1 atom stereocenters. The molecule has 5 nitrogen and oxygen atoms in total. The Morgan fingerprint density at radius 2 is 1.84 bits per heavy atom. The highest BCUT2D eigenvalue weighted by Gasteiger charge is 2.26. The molecule has 0 aromatic heterocycles. The van der Waals surface area contributed by atoms with E-state index in [4.69, 9.17) is 18.9 Å².